The largest absolute Gasteiger partial charge is 0.489 e. The molecule has 5 aromatic rings. The van der Waals surface area contributed by atoms with Gasteiger partial charge in [0.2, 0.25) is 5.76 Å². The minimum atomic E-state index is -0.784. The molecule has 1 aliphatic heterocycles. The fourth-order valence-electron chi connectivity index (χ4n) is 4.64. The fraction of sp³-hybridized carbons (Fsp3) is 0.0667. The zero-order chi connectivity index (χ0) is 25.5. The van der Waals surface area contributed by atoms with Gasteiger partial charge in [0.1, 0.15) is 23.8 Å². The van der Waals surface area contributed by atoms with Crippen LogP contribution in [0.4, 0.5) is 10.1 Å². The first-order valence-corrected chi connectivity index (χ1v) is 12.4. The molecular formula is C30H19BrFNO4. The Morgan fingerprint density at radius 3 is 2.46 bits per heavy atom. The van der Waals surface area contributed by atoms with Crippen LogP contribution in [0, 0.1) is 5.82 Å². The molecule has 37 heavy (non-hydrogen) atoms. The maximum atomic E-state index is 14.0. The van der Waals surface area contributed by atoms with Crippen molar-refractivity contribution in [1.29, 1.82) is 0 Å². The number of nitrogens with zero attached hydrogens (tertiary/aromatic N) is 1. The molecule has 1 unspecified atom stereocenters. The Bertz CT molecular complexity index is 1700. The maximum absolute atomic E-state index is 14.0. The number of hydrogen-bond acceptors (Lipinski definition) is 4. The summed E-state index contributed by atoms with van der Waals surface area (Å²) in [5.74, 6) is -0.454. The van der Waals surface area contributed by atoms with Gasteiger partial charge in [0.05, 0.1) is 17.0 Å². The minimum Gasteiger partial charge on any atom is -0.489 e. The van der Waals surface area contributed by atoms with Gasteiger partial charge in [-0.1, -0.05) is 58.4 Å². The molecular weight excluding hydrogens is 537 g/mol. The molecule has 7 heteroatoms. The van der Waals surface area contributed by atoms with Crippen molar-refractivity contribution in [2.24, 2.45) is 0 Å². The number of carbonyl (C=O) groups is 1. The van der Waals surface area contributed by atoms with Gasteiger partial charge in [-0.3, -0.25) is 14.5 Å². The summed E-state index contributed by atoms with van der Waals surface area (Å²) in [6.45, 7) is 0.368. The molecule has 0 saturated carbocycles. The summed E-state index contributed by atoms with van der Waals surface area (Å²) < 4.78 is 26.8. The highest BCUT2D eigenvalue weighted by Crippen LogP contribution is 2.42. The Kier molecular flexibility index (Phi) is 5.85. The molecule has 1 aromatic heterocycles. The van der Waals surface area contributed by atoms with Crippen LogP contribution in [0.1, 0.15) is 33.3 Å². The molecule has 6 rings (SSSR count). The van der Waals surface area contributed by atoms with Crippen molar-refractivity contribution in [2.45, 2.75) is 12.6 Å². The van der Waals surface area contributed by atoms with Gasteiger partial charge in [-0.15, -0.1) is 0 Å². The van der Waals surface area contributed by atoms with E-state index in [1.807, 2.05) is 66.7 Å². The predicted octanol–water partition coefficient (Wildman–Crippen LogP) is 7.02. The van der Waals surface area contributed by atoms with Crippen molar-refractivity contribution in [2.75, 3.05) is 4.90 Å². The molecule has 2 heterocycles. The number of anilines is 1. The fourth-order valence-corrected chi connectivity index (χ4v) is 4.91. The number of fused-ring (bicyclic) bond motifs is 2. The molecule has 1 atom stereocenters. The van der Waals surface area contributed by atoms with E-state index in [1.165, 1.54) is 17.0 Å². The van der Waals surface area contributed by atoms with Crippen LogP contribution in [0.2, 0.25) is 0 Å². The predicted molar refractivity (Wildman–Crippen MR) is 142 cm³/mol. The third-order valence-electron chi connectivity index (χ3n) is 6.36. The van der Waals surface area contributed by atoms with Crippen LogP contribution < -0.4 is 15.1 Å². The van der Waals surface area contributed by atoms with E-state index in [0.717, 1.165) is 16.1 Å². The van der Waals surface area contributed by atoms with Crippen LogP contribution in [0.3, 0.4) is 0 Å². The highest BCUT2D eigenvalue weighted by atomic mass is 79.9. The monoisotopic (exact) mass is 555 g/mol. The van der Waals surface area contributed by atoms with Gasteiger partial charge in [-0.05, 0) is 65.7 Å². The molecule has 4 aromatic carbocycles. The van der Waals surface area contributed by atoms with E-state index in [0.29, 0.717) is 23.6 Å². The minimum absolute atomic E-state index is 0.0485. The van der Waals surface area contributed by atoms with Crippen molar-refractivity contribution in [3.8, 4) is 5.75 Å². The van der Waals surface area contributed by atoms with E-state index < -0.39 is 23.2 Å². The van der Waals surface area contributed by atoms with Gasteiger partial charge in [0.15, 0.2) is 5.43 Å². The van der Waals surface area contributed by atoms with E-state index in [9.17, 15) is 14.0 Å². The molecule has 5 nitrogen and oxygen atoms in total. The van der Waals surface area contributed by atoms with Crippen molar-refractivity contribution in [1.82, 2.24) is 0 Å². The normalized spacial score (nSPS) is 14.7. The van der Waals surface area contributed by atoms with Crippen LogP contribution in [0.25, 0.3) is 11.0 Å². The highest BCUT2D eigenvalue weighted by molar-refractivity contribution is 9.10. The number of amides is 1. The first-order chi connectivity index (χ1) is 18.0. The summed E-state index contributed by atoms with van der Waals surface area (Å²) in [6, 6.07) is 27.2. The molecule has 0 spiro atoms. The summed E-state index contributed by atoms with van der Waals surface area (Å²) >= 11 is 3.43. The van der Waals surface area contributed by atoms with Crippen molar-refractivity contribution < 1.29 is 18.3 Å². The number of ether oxygens (including phenoxy) is 1. The van der Waals surface area contributed by atoms with Gasteiger partial charge in [0.25, 0.3) is 5.91 Å². The summed E-state index contributed by atoms with van der Waals surface area (Å²) in [5, 5.41) is 0.0886. The van der Waals surface area contributed by atoms with Gasteiger partial charge < -0.3 is 9.15 Å². The standard InChI is InChI=1S/C30H19BrFNO4/c31-20-9-12-22(13-10-20)33-27(19-7-4-8-23(15-19)36-17-18-5-2-1-3-6-18)26-28(34)24-16-21(32)11-14-25(24)37-29(26)30(33)35/h1-16,27H,17H2. The van der Waals surface area contributed by atoms with Crippen molar-refractivity contribution in [3.05, 3.63) is 140 Å². The molecule has 0 N–H and O–H groups in total. The van der Waals surface area contributed by atoms with E-state index in [4.69, 9.17) is 9.15 Å². The van der Waals surface area contributed by atoms with Gasteiger partial charge in [-0.25, -0.2) is 4.39 Å². The first-order valence-electron chi connectivity index (χ1n) is 11.6. The van der Waals surface area contributed by atoms with E-state index in [1.54, 1.807) is 12.1 Å². The average Bonchev–Trinajstić information content (AvgIpc) is 3.21. The lowest BCUT2D eigenvalue weighted by Gasteiger charge is -2.25. The number of halogens is 2. The topological polar surface area (TPSA) is 59.8 Å². The highest BCUT2D eigenvalue weighted by Gasteiger charge is 2.43. The summed E-state index contributed by atoms with van der Waals surface area (Å²) in [7, 11) is 0. The summed E-state index contributed by atoms with van der Waals surface area (Å²) in [6.07, 6.45) is 0. The van der Waals surface area contributed by atoms with E-state index >= 15 is 0 Å². The maximum Gasteiger partial charge on any atom is 0.295 e. The quantitative estimate of drug-likeness (QED) is 0.234. The Balaban J connectivity index is 1.50. The molecule has 182 valence electrons. The van der Waals surface area contributed by atoms with Gasteiger partial charge >= 0.3 is 0 Å². The summed E-state index contributed by atoms with van der Waals surface area (Å²) in [4.78, 5) is 28.9. The Morgan fingerprint density at radius 1 is 0.892 bits per heavy atom. The Hall–Kier alpha value is -4.23. The van der Waals surface area contributed by atoms with Crippen LogP contribution >= 0.6 is 15.9 Å². The van der Waals surface area contributed by atoms with E-state index in [2.05, 4.69) is 15.9 Å². The Morgan fingerprint density at radius 2 is 1.68 bits per heavy atom. The van der Waals surface area contributed by atoms with Gasteiger partial charge in [0, 0.05) is 10.2 Å². The second-order valence-corrected chi connectivity index (χ2v) is 9.63. The smallest absolute Gasteiger partial charge is 0.295 e. The van der Waals surface area contributed by atoms with Crippen molar-refractivity contribution in [3.63, 3.8) is 0 Å². The molecule has 0 bridgehead atoms. The number of rotatable bonds is 5. The lowest BCUT2D eigenvalue weighted by molar-refractivity contribution is 0.0971. The Labute approximate surface area is 219 Å². The van der Waals surface area contributed by atoms with Crippen molar-refractivity contribution >= 4 is 38.5 Å². The van der Waals surface area contributed by atoms with E-state index in [-0.39, 0.29) is 22.3 Å². The molecule has 0 aliphatic carbocycles. The third-order valence-corrected chi connectivity index (χ3v) is 6.89. The number of benzene rings is 4. The zero-order valence-electron chi connectivity index (χ0n) is 19.4. The second-order valence-electron chi connectivity index (χ2n) is 8.72. The molecule has 0 fully saturated rings. The SMILES string of the molecule is O=C1c2oc3ccc(F)cc3c(=O)c2C(c2cccc(OCc3ccccc3)c2)N1c1ccc(Br)cc1. The van der Waals surface area contributed by atoms with Crippen LogP contribution in [0.15, 0.2) is 111 Å². The lowest BCUT2D eigenvalue weighted by atomic mass is 9.98. The van der Waals surface area contributed by atoms with Crippen LogP contribution in [-0.4, -0.2) is 5.91 Å². The number of carbonyl (C=O) groups excluding carboxylic acids is 1. The third kappa shape index (κ3) is 4.21. The number of hydrogen-bond donors (Lipinski definition) is 0. The molecule has 0 radical (unpaired) electrons. The van der Waals surface area contributed by atoms with Gasteiger partial charge in [-0.2, -0.15) is 0 Å². The van der Waals surface area contributed by atoms with Crippen LogP contribution in [0.5, 0.6) is 5.75 Å². The average molecular weight is 556 g/mol. The molecule has 1 aliphatic rings. The first kappa shape index (κ1) is 23.2. The second kappa shape index (κ2) is 9.33. The molecule has 0 saturated heterocycles. The van der Waals surface area contributed by atoms with Crippen LogP contribution in [-0.2, 0) is 6.61 Å². The zero-order valence-corrected chi connectivity index (χ0v) is 20.9. The molecule has 1 amide bonds. The summed E-state index contributed by atoms with van der Waals surface area (Å²) in [5.41, 5.74) is 2.17. The lowest BCUT2D eigenvalue weighted by Crippen LogP contribution is -2.29.